The number of ether oxygens (including phenoxy) is 2. The summed E-state index contributed by atoms with van der Waals surface area (Å²) in [5.74, 6) is 0.737. The summed E-state index contributed by atoms with van der Waals surface area (Å²) in [6.45, 7) is 5.63. The van der Waals surface area contributed by atoms with Crippen LogP contribution in [0.25, 0.3) is 0 Å². The summed E-state index contributed by atoms with van der Waals surface area (Å²) in [5.41, 5.74) is 1.73. The van der Waals surface area contributed by atoms with Gasteiger partial charge in [0.1, 0.15) is 25.1 Å². The van der Waals surface area contributed by atoms with Crippen molar-refractivity contribution in [3.8, 4) is 11.5 Å². The molecule has 32 heavy (non-hydrogen) atoms. The number of benzene rings is 2. The first-order chi connectivity index (χ1) is 15.5. The maximum absolute atomic E-state index is 13.3. The maximum Gasteiger partial charge on any atom is 0.242 e. The lowest BCUT2D eigenvalue weighted by molar-refractivity contribution is -0.140. The molecule has 7 heteroatoms. The molecule has 0 radical (unpaired) electrons. The fourth-order valence-electron chi connectivity index (χ4n) is 3.54. The molecule has 1 unspecified atom stereocenters. The van der Waals surface area contributed by atoms with Gasteiger partial charge in [-0.3, -0.25) is 9.59 Å². The van der Waals surface area contributed by atoms with Crippen LogP contribution in [0.5, 0.6) is 11.5 Å². The molecule has 2 aromatic carbocycles. The molecule has 6 nitrogen and oxygen atoms in total. The van der Waals surface area contributed by atoms with E-state index in [1.54, 1.807) is 24.0 Å². The monoisotopic (exact) mass is 442 g/mol. The molecule has 0 spiro atoms. The first-order valence-corrected chi connectivity index (χ1v) is 11.2. The van der Waals surface area contributed by atoms with Crippen LogP contribution < -0.4 is 14.8 Å². The number of hydrogen-bond donors (Lipinski definition) is 1. The first-order valence-electron chi connectivity index (χ1n) is 11.2. The molecule has 1 aliphatic rings. The molecule has 172 valence electrons. The molecule has 2 amide bonds. The Morgan fingerprint density at radius 3 is 2.47 bits per heavy atom. The zero-order valence-corrected chi connectivity index (χ0v) is 18.7. The van der Waals surface area contributed by atoms with Crippen LogP contribution in [0.2, 0.25) is 0 Å². The normalized spacial score (nSPS) is 13.3. The number of aryl methyl sites for hydroxylation is 1. The molecular formula is C25H31FN2O4. The van der Waals surface area contributed by atoms with Crippen molar-refractivity contribution in [1.29, 1.82) is 0 Å². The van der Waals surface area contributed by atoms with Crippen molar-refractivity contribution in [3.05, 3.63) is 59.4 Å². The van der Waals surface area contributed by atoms with Crippen molar-refractivity contribution >= 4 is 11.8 Å². The molecule has 0 saturated heterocycles. The predicted octanol–water partition coefficient (Wildman–Crippen LogP) is 3.86. The summed E-state index contributed by atoms with van der Waals surface area (Å²) in [5, 5.41) is 2.90. The first kappa shape index (κ1) is 23.6. The Morgan fingerprint density at radius 2 is 1.75 bits per heavy atom. The van der Waals surface area contributed by atoms with Gasteiger partial charge in [-0.1, -0.05) is 31.5 Å². The summed E-state index contributed by atoms with van der Waals surface area (Å²) in [7, 11) is 0. The predicted molar refractivity (Wildman–Crippen MR) is 120 cm³/mol. The van der Waals surface area contributed by atoms with Crippen LogP contribution in [-0.2, 0) is 22.6 Å². The van der Waals surface area contributed by atoms with E-state index in [9.17, 15) is 14.0 Å². The third-order valence-corrected chi connectivity index (χ3v) is 5.50. The fraction of sp³-hybridized carbons (Fsp3) is 0.440. The van der Waals surface area contributed by atoms with Gasteiger partial charge in [0.2, 0.25) is 11.8 Å². The Labute approximate surface area is 188 Å². The van der Waals surface area contributed by atoms with Crippen molar-refractivity contribution in [2.75, 3.05) is 19.8 Å². The van der Waals surface area contributed by atoms with E-state index in [0.717, 1.165) is 24.0 Å². The number of amides is 2. The highest BCUT2D eigenvalue weighted by atomic mass is 19.1. The summed E-state index contributed by atoms with van der Waals surface area (Å²) in [4.78, 5) is 27.4. The van der Waals surface area contributed by atoms with Crippen LogP contribution in [0.4, 0.5) is 4.39 Å². The average Bonchev–Trinajstić information content (AvgIpc) is 2.81. The van der Waals surface area contributed by atoms with Gasteiger partial charge in [-0.2, -0.15) is 0 Å². The second-order valence-corrected chi connectivity index (χ2v) is 7.95. The largest absolute Gasteiger partial charge is 0.486 e. The number of rotatable bonds is 10. The van der Waals surface area contributed by atoms with Crippen LogP contribution in [0.3, 0.4) is 0 Å². The molecule has 1 aliphatic heterocycles. The third-order valence-electron chi connectivity index (χ3n) is 5.50. The second kappa shape index (κ2) is 11.5. The Balaban J connectivity index is 1.68. The number of carbonyl (C=O) groups excluding carboxylic acids is 2. The topological polar surface area (TPSA) is 67.9 Å². The summed E-state index contributed by atoms with van der Waals surface area (Å²) in [6.07, 6.45) is 2.61. The molecule has 1 N–H and O–H groups in total. The van der Waals surface area contributed by atoms with Gasteiger partial charge in [0, 0.05) is 19.5 Å². The SMILES string of the molecule is CCCCNC(=O)C(C)N(Cc1ccc(F)cc1)C(=O)CCc1ccc2c(c1)OCCO2. The van der Waals surface area contributed by atoms with Gasteiger partial charge < -0.3 is 19.7 Å². The van der Waals surface area contributed by atoms with E-state index in [1.165, 1.54) is 12.1 Å². The van der Waals surface area contributed by atoms with E-state index >= 15 is 0 Å². The van der Waals surface area contributed by atoms with E-state index in [1.807, 2.05) is 18.2 Å². The maximum atomic E-state index is 13.3. The van der Waals surface area contributed by atoms with Crippen molar-refractivity contribution in [1.82, 2.24) is 10.2 Å². The van der Waals surface area contributed by atoms with Crippen LogP contribution in [0.1, 0.15) is 44.2 Å². The molecule has 0 aliphatic carbocycles. The van der Waals surface area contributed by atoms with Gasteiger partial charge in [-0.25, -0.2) is 4.39 Å². The molecular weight excluding hydrogens is 411 g/mol. The van der Waals surface area contributed by atoms with Gasteiger partial charge in [-0.15, -0.1) is 0 Å². The minimum atomic E-state index is -0.635. The molecule has 3 rings (SSSR count). The van der Waals surface area contributed by atoms with Gasteiger partial charge >= 0.3 is 0 Å². The molecule has 1 heterocycles. The van der Waals surface area contributed by atoms with E-state index in [4.69, 9.17) is 9.47 Å². The minimum absolute atomic E-state index is 0.137. The second-order valence-electron chi connectivity index (χ2n) is 7.95. The number of nitrogens with one attached hydrogen (secondary N) is 1. The standard InChI is InChI=1S/C25H31FN2O4/c1-3-4-13-27-25(30)18(2)28(17-20-5-9-21(26)10-6-20)24(29)12-8-19-7-11-22-23(16-19)32-15-14-31-22/h5-7,9-11,16,18H,3-4,8,12-15,17H2,1-2H3,(H,27,30). The van der Waals surface area contributed by atoms with Crippen LogP contribution >= 0.6 is 0 Å². The number of halogens is 1. The Kier molecular flexibility index (Phi) is 8.48. The number of unbranched alkanes of at least 4 members (excludes halogenated alkanes) is 1. The lowest BCUT2D eigenvalue weighted by Crippen LogP contribution is -2.47. The molecule has 0 fully saturated rings. The summed E-state index contributed by atoms with van der Waals surface area (Å²) >= 11 is 0. The van der Waals surface area contributed by atoms with Gasteiger partial charge in [0.15, 0.2) is 11.5 Å². The highest BCUT2D eigenvalue weighted by Gasteiger charge is 2.26. The number of hydrogen-bond acceptors (Lipinski definition) is 4. The quantitative estimate of drug-likeness (QED) is 0.568. The van der Waals surface area contributed by atoms with Gasteiger partial charge in [0.05, 0.1) is 0 Å². The van der Waals surface area contributed by atoms with Crippen molar-refractivity contribution < 1.29 is 23.5 Å². The smallest absolute Gasteiger partial charge is 0.242 e. The van der Waals surface area contributed by atoms with Crippen LogP contribution in [-0.4, -0.2) is 42.5 Å². The summed E-state index contributed by atoms with van der Waals surface area (Å²) < 4.78 is 24.5. The molecule has 0 aromatic heterocycles. The average molecular weight is 443 g/mol. The Morgan fingerprint density at radius 1 is 1.06 bits per heavy atom. The number of nitrogens with zero attached hydrogens (tertiary/aromatic N) is 1. The van der Waals surface area contributed by atoms with E-state index in [-0.39, 0.29) is 30.6 Å². The van der Waals surface area contributed by atoms with Gasteiger partial charge in [-0.05, 0) is 55.2 Å². The van der Waals surface area contributed by atoms with E-state index in [2.05, 4.69) is 12.2 Å². The third kappa shape index (κ3) is 6.45. The lowest BCUT2D eigenvalue weighted by Gasteiger charge is -2.29. The van der Waals surface area contributed by atoms with E-state index in [0.29, 0.717) is 37.7 Å². The fourth-order valence-corrected chi connectivity index (χ4v) is 3.54. The van der Waals surface area contributed by atoms with Crippen molar-refractivity contribution in [2.45, 2.75) is 52.1 Å². The molecule has 2 aromatic rings. The van der Waals surface area contributed by atoms with Crippen molar-refractivity contribution in [2.24, 2.45) is 0 Å². The highest BCUT2D eigenvalue weighted by Crippen LogP contribution is 2.31. The Bertz CT molecular complexity index is 917. The minimum Gasteiger partial charge on any atom is -0.486 e. The molecule has 0 saturated carbocycles. The Hall–Kier alpha value is -3.09. The molecule has 1 atom stereocenters. The van der Waals surface area contributed by atoms with Crippen LogP contribution in [0.15, 0.2) is 42.5 Å². The highest BCUT2D eigenvalue weighted by molar-refractivity contribution is 5.87. The summed E-state index contributed by atoms with van der Waals surface area (Å²) in [6, 6.07) is 11.0. The lowest BCUT2D eigenvalue weighted by atomic mass is 10.1. The zero-order valence-electron chi connectivity index (χ0n) is 18.7. The molecule has 0 bridgehead atoms. The van der Waals surface area contributed by atoms with Crippen molar-refractivity contribution in [3.63, 3.8) is 0 Å². The van der Waals surface area contributed by atoms with Crippen LogP contribution in [0, 0.1) is 5.82 Å². The van der Waals surface area contributed by atoms with Gasteiger partial charge in [0.25, 0.3) is 0 Å². The van der Waals surface area contributed by atoms with E-state index < -0.39 is 6.04 Å². The number of carbonyl (C=O) groups is 2. The number of fused-ring (bicyclic) bond motifs is 1. The zero-order chi connectivity index (χ0) is 22.9.